The third-order valence-corrected chi connectivity index (χ3v) is 4.19. The summed E-state index contributed by atoms with van der Waals surface area (Å²) in [4.78, 5) is 11.8. The maximum atomic E-state index is 11.8. The van der Waals surface area contributed by atoms with Gasteiger partial charge in [0.05, 0.1) is 6.10 Å². The Kier molecular flexibility index (Phi) is 6.65. The van der Waals surface area contributed by atoms with Crippen molar-refractivity contribution in [1.29, 1.82) is 0 Å². The number of nitrogens with two attached hydrogens (primary N) is 1. The van der Waals surface area contributed by atoms with Crippen LogP contribution in [-0.2, 0) is 9.53 Å². The minimum Gasteiger partial charge on any atom is -0.382 e. The molecule has 0 saturated heterocycles. The highest BCUT2D eigenvalue weighted by Crippen LogP contribution is 2.34. The zero-order chi connectivity index (χ0) is 13.4. The summed E-state index contributed by atoms with van der Waals surface area (Å²) in [6, 6.07) is 0. The monoisotopic (exact) mass is 256 g/mol. The van der Waals surface area contributed by atoms with Crippen LogP contribution in [0.1, 0.15) is 51.9 Å². The molecule has 0 heterocycles. The van der Waals surface area contributed by atoms with Gasteiger partial charge in [0.15, 0.2) is 0 Å². The molecule has 4 heteroatoms. The van der Waals surface area contributed by atoms with Gasteiger partial charge >= 0.3 is 0 Å². The van der Waals surface area contributed by atoms with Crippen molar-refractivity contribution in [3.63, 3.8) is 0 Å². The number of ether oxygens (including phenoxy) is 1. The molecular formula is C14H28N2O2. The summed E-state index contributed by atoms with van der Waals surface area (Å²) in [5.74, 6) is 0.122. The topological polar surface area (TPSA) is 64.3 Å². The van der Waals surface area contributed by atoms with Gasteiger partial charge < -0.3 is 15.8 Å². The number of hydrogen-bond acceptors (Lipinski definition) is 3. The Morgan fingerprint density at radius 1 is 1.39 bits per heavy atom. The van der Waals surface area contributed by atoms with E-state index < -0.39 is 0 Å². The van der Waals surface area contributed by atoms with Gasteiger partial charge in [-0.1, -0.05) is 19.3 Å². The van der Waals surface area contributed by atoms with Gasteiger partial charge in [0.25, 0.3) is 0 Å². The number of carbonyl (C=O) groups excluding carboxylic acids is 1. The van der Waals surface area contributed by atoms with E-state index in [4.69, 9.17) is 10.5 Å². The molecule has 0 aromatic rings. The first kappa shape index (κ1) is 15.4. The van der Waals surface area contributed by atoms with Crippen LogP contribution in [0.4, 0.5) is 0 Å². The fourth-order valence-corrected chi connectivity index (χ4v) is 2.58. The van der Waals surface area contributed by atoms with E-state index in [1.165, 1.54) is 19.3 Å². The molecule has 4 nitrogen and oxygen atoms in total. The van der Waals surface area contributed by atoms with Gasteiger partial charge in [0.2, 0.25) is 5.91 Å². The third-order valence-electron chi connectivity index (χ3n) is 4.19. The predicted octanol–water partition coefficient (Wildman–Crippen LogP) is 1.83. The molecule has 1 saturated carbocycles. The van der Waals surface area contributed by atoms with E-state index in [0.717, 1.165) is 25.8 Å². The number of amides is 1. The van der Waals surface area contributed by atoms with Crippen molar-refractivity contribution in [3.8, 4) is 0 Å². The van der Waals surface area contributed by atoms with E-state index in [2.05, 4.69) is 5.32 Å². The molecule has 0 spiro atoms. The highest BCUT2D eigenvalue weighted by molar-refractivity contribution is 5.75. The van der Waals surface area contributed by atoms with Crippen LogP contribution in [0.25, 0.3) is 0 Å². The average molecular weight is 256 g/mol. The van der Waals surface area contributed by atoms with Gasteiger partial charge in [-0.15, -0.1) is 0 Å². The van der Waals surface area contributed by atoms with E-state index in [-0.39, 0.29) is 17.4 Å². The van der Waals surface area contributed by atoms with Crippen LogP contribution < -0.4 is 11.1 Å². The second-order valence-electron chi connectivity index (χ2n) is 5.63. The minimum absolute atomic E-state index is 0.122. The van der Waals surface area contributed by atoms with Crippen LogP contribution in [0, 0.1) is 5.41 Å². The molecule has 1 rings (SSSR count). The van der Waals surface area contributed by atoms with E-state index >= 15 is 0 Å². The van der Waals surface area contributed by atoms with Gasteiger partial charge in [-0.05, 0) is 38.1 Å². The molecule has 1 fully saturated rings. The Bertz CT molecular complexity index is 250. The van der Waals surface area contributed by atoms with Gasteiger partial charge in [0.1, 0.15) is 0 Å². The quantitative estimate of drug-likeness (QED) is 0.730. The smallest absolute Gasteiger partial charge is 0.220 e. The Labute approximate surface area is 111 Å². The highest BCUT2D eigenvalue weighted by atomic mass is 16.5. The van der Waals surface area contributed by atoms with E-state index in [9.17, 15) is 4.79 Å². The first-order valence-corrected chi connectivity index (χ1v) is 7.11. The lowest BCUT2D eigenvalue weighted by atomic mass is 9.74. The normalized spacial score (nSPS) is 20.4. The second-order valence-corrected chi connectivity index (χ2v) is 5.63. The summed E-state index contributed by atoms with van der Waals surface area (Å²) >= 11 is 0. The number of nitrogens with one attached hydrogen (secondary N) is 1. The molecule has 1 aliphatic rings. The fourth-order valence-electron chi connectivity index (χ4n) is 2.58. The summed E-state index contributed by atoms with van der Waals surface area (Å²) in [7, 11) is 1.67. The molecule has 3 N–H and O–H groups in total. The van der Waals surface area contributed by atoms with Gasteiger partial charge in [-0.3, -0.25) is 4.79 Å². The largest absolute Gasteiger partial charge is 0.382 e. The molecule has 1 amide bonds. The maximum Gasteiger partial charge on any atom is 0.220 e. The molecule has 0 aromatic carbocycles. The summed E-state index contributed by atoms with van der Waals surface area (Å²) < 4.78 is 5.14. The summed E-state index contributed by atoms with van der Waals surface area (Å²) in [5, 5.41) is 3.05. The number of methoxy groups -OCH3 is 1. The van der Waals surface area contributed by atoms with Crippen LogP contribution in [0.2, 0.25) is 0 Å². The van der Waals surface area contributed by atoms with E-state index in [1.54, 1.807) is 7.11 Å². The number of carbonyl (C=O) groups is 1. The van der Waals surface area contributed by atoms with Crippen LogP contribution in [0.3, 0.4) is 0 Å². The third kappa shape index (κ3) is 4.94. The average Bonchev–Trinajstić information content (AvgIpc) is 2.43. The molecule has 0 radical (unpaired) electrons. The maximum absolute atomic E-state index is 11.8. The first-order chi connectivity index (χ1) is 8.62. The predicted molar refractivity (Wildman–Crippen MR) is 73.3 cm³/mol. The minimum atomic E-state index is 0.122. The molecule has 0 aromatic heterocycles. The van der Waals surface area contributed by atoms with Crippen molar-refractivity contribution in [2.75, 3.05) is 20.2 Å². The standard InChI is InChI=1S/C14H28N2O2/c1-12(18-2)6-7-13(17)16-11-14(10-15)8-4-3-5-9-14/h12H,3-11,15H2,1-2H3,(H,16,17). The Morgan fingerprint density at radius 2 is 2.06 bits per heavy atom. The van der Waals surface area contributed by atoms with Gasteiger partial charge in [-0.2, -0.15) is 0 Å². The van der Waals surface area contributed by atoms with Crippen LogP contribution >= 0.6 is 0 Å². The zero-order valence-electron chi connectivity index (χ0n) is 11.8. The second kappa shape index (κ2) is 7.74. The Balaban J connectivity index is 2.27. The van der Waals surface area contributed by atoms with Crippen molar-refractivity contribution in [2.24, 2.45) is 11.1 Å². The molecular weight excluding hydrogens is 228 g/mol. The molecule has 0 bridgehead atoms. The molecule has 1 aliphatic carbocycles. The summed E-state index contributed by atoms with van der Waals surface area (Å²) in [6.07, 6.45) is 7.56. The molecule has 0 aliphatic heterocycles. The van der Waals surface area contributed by atoms with Crippen LogP contribution in [0.15, 0.2) is 0 Å². The lowest BCUT2D eigenvalue weighted by Gasteiger charge is -2.36. The van der Waals surface area contributed by atoms with Crippen LogP contribution in [0.5, 0.6) is 0 Å². The van der Waals surface area contributed by atoms with Crippen molar-refractivity contribution in [3.05, 3.63) is 0 Å². The van der Waals surface area contributed by atoms with E-state index in [1.807, 2.05) is 6.92 Å². The summed E-state index contributed by atoms with van der Waals surface area (Å²) in [6.45, 7) is 3.40. The Hall–Kier alpha value is -0.610. The molecule has 1 atom stereocenters. The highest BCUT2D eigenvalue weighted by Gasteiger charge is 2.30. The molecule has 1 unspecified atom stereocenters. The van der Waals surface area contributed by atoms with Crippen molar-refractivity contribution < 1.29 is 9.53 Å². The van der Waals surface area contributed by atoms with Crippen LogP contribution in [-0.4, -0.2) is 32.2 Å². The van der Waals surface area contributed by atoms with Gasteiger partial charge in [-0.25, -0.2) is 0 Å². The van der Waals surface area contributed by atoms with Crippen molar-refractivity contribution >= 4 is 5.91 Å². The number of rotatable bonds is 7. The molecule has 106 valence electrons. The molecule has 18 heavy (non-hydrogen) atoms. The van der Waals surface area contributed by atoms with Gasteiger partial charge in [0, 0.05) is 20.1 Å². The number of hydrogen-bond donors (Lipinski definition) is 2. The lowest BCUT2D eigenvalue weighted by molar-refractivity contribution is -0.122. The zero-order valence-corrected chi connectivity index (χ0v) is 11.8. The Morgan fingerprint density at radius 3 is 2.61 bits per heavy atom. The SMILES string of the molecule is COC(C)CCC(=O)NCC1(CN)CCCCC1. The first-order valence-electron chi connectivity index (χ1n) is 7.11. The van der Waals surface area contributed by atoms with E-state index in [0.29, 0.717) is 13.0 Å². The van der Waals surface area contributed by atoms with Crippen molar-refractivity contribution in [1.82, 2.24) is 5.32 Å². The fraction of sp³-hybridized carbons (Fsp3) is 0.929. The van der Waals surface area contributed by atoms with Crippen molar-refractivity contribution in [2.45, 2.75) is 58.0 Å². The lowest BCUT2D eigenvalue weighted by Crippen LogP contribution is -2.43. The summed E-state index contributed by atoms with van der Waals surface area (Å²) in [5.41, 5.74) is 6.05.